The molecule has 11 heavy (non-hydrogen) atoms. The summed E-state index contributed by atoms with van der Waals surface area (Å²) in [5, 5.41) is 0. The normalized spacial score (nSPS) is 23.4. The van der Waals surface area contributed by atoms with E-state index in [2.05, 4.69) is 19.6 Å². The van der Waals surface area contributed by atoms with E-state index < -0.39 is 0 Å². The van der Waals surface area contributed by atoms with Gasteiger partial charge in [-0.1, -0.05) is 24.6 Å². The monoisotopic (exact) mass is 150 g/mol. The van der Waals surface area contributed by atoms with E-state index in [1.807, 2.05) is 6.08 Å². The molecule has 1 aliphatic carbocycles. The quantitative estimate of drug-likeness (QED) is 0.423. The van der Waals surface area contributed by atoms with Crippen LogP contribution in [0.1, 0.15) is 39.0 Å². The van der Waals surface area contributed by atoms with Crippen molar-refractivity contribution >= 4 is 0 Å². The fourth-order valence-corrected chi connectivity index (χ4v) is 1.66. The number of hydrogen-bond donors (Lipinski definition) is 0. The van der Waals surface area contributed by atoms with Gasteiger partial charge in [-0.3, -0.25) is 0 Å². The Hall–Kier alpha value is -0.520. The third-order valence-corrected chi connectivity index (χ3v) is 2.33. The van der Waals surface area contributed by atoms with Gasteiger partial charge in [0, 0.05) is 0 Å². The van der Waals surface area contributed by atoms with Gasteiger partial charge in [-0.2, -0.15) is 0 Å². The van der Waals surface area contributed by atoms with E-state index in [9.17, 15) is 0 Å². The first-order valence-corrected chi connectivity index (χ1v) is 4.61. The van der Waals surface area contributed by atoms with E-state index in [4.69, 9.17) is 0 Å². The Morgan fingerprint density at radius 2 is 2.55 bits per heavy atom. The molecule has 0 saturated heterocycles. The number of unbranched alkanes of at least 4 members (excludes halogenated alkanes) is 1. The van der Waals surface area contributed by atoms with Crippen LogP contribution >= 0.6 is 0 Å². The highest BCUT2D eigenvalue weighted by Crippen LogP contribution is 2.27. The Morgan fingerprint density at radius 3 is 3.09 bits per heavy atom. The van der Waals surface area contributed by atoms with Crippen molar-refractivity contribution in [2.24, 2.45) is 5.92 Å². The van der Waals surface area contributed by atoms with Gasteiger partial charge in [-0.25, -0.2) is 0 Å². The lowest BCUT2D eigenvalue weighted by Gasteiger charge is -2.01. The van der Waals surface area contributed by atoms with Crippen molar-refractivity contribution in [3.63, 3.8) is 0 Å². The van der Waals surface area contributed by atoms with Gasteiger partial charge in [-0.05, 0) is 38.0 Å². The SMILES string of the molecule is C=CCCCC1=CCC(C)C1. The molecule has 0 aromatic rings. The molecule has 0 heterocycles. The molecule has 1 rings (SSSR count). The summed E-state index contributed by atoms with van der Waals surface area (Å²) in [5.41, 5.74) is 1.68. The van der Waals surface area contributed by atoms with Gasteiger partial charge in [0.05, 0.1) is 0 Å². The zero-order valence-corrected chi connectivity index (χ0v) is 7.47. The van der Waals surface area contributed by atoms with Gasteiger partial charge in [0.25, 0.3) is 0 Å². The summed E-state index contributed by atoms with van der Waals surface area (Å²) in [4.78, 5) is 0. The Morgan fingerprint density at radius 1 is 1.73 bits per heavy atom. The van der Waals surface area contributed by atoms with Crippen molar-refractivity contribution in [3.05, 3.63) is 24.3 Å². The van der Waals surface area contributed by atoms with E-state index in [-0.39, 0.29) is 0 Å². The van der Waals surface area contributed by atoms with Crippen LogP contribution in [0.25, 0.3) is 0 Å². The molecular formula is C11H18. The van der Waals surface area contributed by atoms with Crippen molar-refractivity contribution in [1.82, 2.24) is 0 Å². The van der Waals surface area contributed by atoms with Crippen LogP contribution in [0.3, 0.4) is 0 Å². The van der Waals surface area contributed by atoms with Crippen LogP contribution in [0, 0.1) is 5.92 Å². The molecule has 62 valence electrons. The van der Waals surface area contributed by atoms with Crippen molar-refractivity contribution in [2.45, 2.75) is 39.0 Å². The van der Waals surface area contributed by atoms with Crippen molar-refractivity contribution in [3.8, 4) is 0 Å². The number of rotatable bonds is 4. The van der Waals surface area contributed by atoms with E-state index in [0.29, 0.717) is 0 Å². The topological polar surface area (TPSA) is 0 Å². The second-order valence-corrected chi connectivity index (χ2v) is 3.59. The molecule has 1 unspecified atom stereocenters. The van der Waals surface area contributed by atoms with Gasteiger partial charge < -0.3 is 0 Å². The fraction of sp³-hybridized carbons (Fsp3) is 0.636. The highest BCUT2D eigenvalue weighted by molar-refractivity contribution is 5.09. The molecule has 0 saturated carbocycles. The molecule has 0 spiro atoms. The molecule has 0 amide bonds. The number of hydrogen-bond acceptors (Lipinski definition) is 0. The number of allylic oxidation sites excluding steroid dienone is 3. The lowest BCUT2D eigenvalue weighted by atomic mass is 10.0. The first-order chi connectivity index (χ1) is 5.33. The van der Waals surface area contributed by atoms with Crippen molar-refractivity contribution in [2.75, 3.05) is 0 Å². The predicted octanol–water partition coefficient (Wildman–Crippen LogP) is 3.70. The second-order valence-electron chi connectivity index (χ2n) is 3.59. The summed E-state index contributed by atoms with van der Waals surface area (Å²) in [6.45, 7) is 6.05. The third-order valence-electron chi connectivity index (χ3n) is 2.33. The van der Waals surface area contributed by atoms with E-state index >= 15 is 0 Å². The van der Waals surface area contributed by atoms with Crippen molar-refractivity contribution < 1.29 is 0 Å². The fourth-order valence-electron chi connectivity index (χ4n) is 1.66. The molecule has 0 aromatic carbocycles. The molecule has 1 atom stereocenters. The molecule has 1 aliphatic rings. The van der Waals surface area contributed by atoms with Gasteiger partial charge >= 0.3 is 0 Å². The average Bonchev–Trinajstić information content (AvgIpc) is 2.37. The van der Waals surface area contributed by atoms with E-state index in [0.717, 1.165) is 5.92 Å². The van der Waals surface area contributed by atoms with Crippen LogP contribution in [-0.2, 0) is 0 Å². The lowest BCUT2D eigenvalue weighted by molar-refractivity contribution is 0.615. The standard InChI is InChI=1S/C11H18/c1-3-4-5-6-11-8-7-10(2)9-11/h3,8,10H,1,4-7,9H2,2H3. The Kier molecular flexibility index (Phi) is 3.41. The summed E-state index contributed by atoms with van der Waals surface area (Å²) in [6.07, 6.45) is 10.9. The van der Waals surface area contributed by atoms with Crippen LogP contribution in [0.4, 0.5) is 0 Å². The van der Waals surface area contributed by atoms with Crippen LogP contribution in [0.15, 0.2) is 24.3 Å². The zero-order chi connectivity index (χ0) is 8.10. The molecule has 0 bridgehead atoms. The maximum atomic E-state index is 3.72. The molecule has 0 N–H and O–H groups in total. The molecule has 0 aliphatic heterocycles. The van der Waals surface area contributed by atoms with Crippen molar-refractivity contribution in [1.29, 1.82) is 0 Å². The summed E-state index contributed by atoms with van der Waals surface area (Å²) in [7, 11) is 0. The average molecular weight is 150 g/mol. The first kappa shape index (κ1) is 8.58. The van der Waals surface area contributed by atoms with Crippen LogP contribution in [-0.4, -0.2) is 0 Å². The van der Waals surface area contributed by atoms with Gasteiger partial charge in [0.2, 0.25) is 0 Å². The summed E-state index contributed by atoms with van der Waals surface area (Å²) >= 11 is 0. The molecular weight excluding hydrogens is 132 g/mol. The highest BCUT2D eigenvalue weighted by atomic mass is 14.2. The minimum Gasteiger partial charge on any atom is -0.103 e. The van der Waals surface area contributed by atoms with Crippen LogP contribution in [0.5, 0.6) is 0 Å². The molecule has 0 nitrogen and oxygen atoms in total. The van der Waals surface area contributed by atoms with E-state index in [1.165, 1.54) is 32.1 Å². The van der Waals surface area contributed by atoms with Gasteiger partial charge in [-0.15, -0.1) is 6.58 Å². The maximum absolute atomic E-state index is 3.72. The lowest BCUT2D eigenvalue weighted by Crippen LogP contribution is -1.86. The Labute approximate surface area is 70.0 Å². The van der Waals surface area contributed by atoms with Crippen LogP contribution < -0.4 is 0 Å². The predicted molar refractivity (Wildman–Crippen MR) is 50.5 cm³/mol. The summed E-state index contributed by atoms with van der Waals surface area (Å²) in [5.74, 6) is 0.911. The largest absolute Gasteiger partial charge is 0.103 e. The Bertz CT molecular complexity index is 153. The van der Waals surface area contributed by atoms with Gasteiger partial charge in [0.1, 0.15) is 0 Å². The maximum Gasteiger partial charge on any atom is -0.0291 e. The minimum absolute atomic E-state index is 0.911. The van der Waals surface area contributed by atoms with E-state index in [1.54, 1.807) is 5.57 Å². The highest BCUT2D eigenvalue weighted by Gasteiger charge is 2.10. The first-order valence-electron chi connectivity index (χ1n) is 4.61. The molecule has 0 fully saturated rings. The molecule has 0 heteroatoms. The summed E-state index contributed by atoms with van der Waals surface area (Å²) < 4.78 is 0. The molecule has 0 aromatic heterocycles. The van der Waals surface area contributed by atoms with Gasteiger partial charge in [0.15, 0.2) is 0 Å². The summed E-state index contributed by atoms with van der Waals surface area (Å²) in [6, 6.07) is 0. The Balaban J connectivity index is 2.12. The smallest absolute Gasteiger partial charge is 0.0291 e. The third kappa shape index (κ3) is 2.92. The second kappa shape index (κ2) is 4.38. The van der Waals surface area contributed by atoms with Crippen LogP contribution in [0.2, 0.25) is 0 Å². The zero-order valence-electron chi connectivity index (χ0n) is 7.47. The minimum atomic E-state index is 0.911. The molecule has 0 radical (unpaired) electrons.